The molecule has 1 aromatic heterocycles. The summed E-state index contributed by atoms with van der Waals surface area (Å²) in [7, 11) is 1.60. The summed E-state index contributed by atoms with van der Waals surface area (Å²) >= 11 is 0. The number of ether oxygens (including phenoxy) is 1. The van der Waals surface area contributed by atoms with Crippen LogP contribution in [-0.4, -0.2) is 28.8 Å². The number of aliphatic hydroxyl groups excluding tert-OH is 1. The lowest BCUT2D eigenvalue weighted by atomic mass is 10.1. The molecule has 0 saturated heterocycles. The number of methoxy groups -OCH3 is 1. The minimum Gasteiger partial charge on any atom is -0.497 e. The highest BCUT2D eigenvalue weighted by molar-refractivity contribution is 5.83. The van der Waals surface area contributed by atoms with Crippen LogP contribution in [0.4, 0.5) is 0 Å². The molecule has 0 unspecified atom stereocenters. The Bertz CT molecular complexity index is 911. The molecule has 5 nitrogen and oxygen atoms in total. The van der Waals surface area contributed by atoms with Crippen LogP contribution in [0.3, 0.4) is 0 Å². The molecule has 0 fully saturated rings. The number of para-hydroxylation sites is 2. The van der Waals surface area contributed by atoms with Crippen LogP contribution >= 0.6 is 0 Å². The Kier molecular flexibility index (Phi) is 4.21. The third-order valence-electron chi connectivity index (χ3n) is 3.53. The second-order valence-electron chi connectivity index (χ2n) is 5.03. The SMILES string of the molecule is COc1ccc(/C=C(\CO)c2nc3ccccc3[nH]c2=O)cc1. The molecule has 0 atom stereocenters. The normalized spacial score (nSPS) is 11.7. The first-order valence-corrected chi connectivity index (χ1v) is 7.16. The molecule has 1 heterocycles. The number of benzene rings is 2. The van der Waals surface area contributed by atoms with E-state index in [4.69, 9.17) is 4.74 Å². The van der Waals surface area contributed by atoms with Crippen molar-refractivity contribution >= 4 is 22.7 Å². The standard InChI is InChI=1S/C18H16N2O3/c1-23-14-8-6-12(7-9-14)10-13(11-21)17-18(22)20-16-5-3-2-4-15(16)19-17/h2-10,21H,11H2,1H3,(H,20,22)/b13-10+. The smallest absolute Gasteiger partial charge is 0.274 e. The summed E-state index contributed by atoms with van der Waals surface area (Å²) in [6, 6.07) is 14.6. The highest BCUT2D eigenvalue weighted by atomic mass is 16.5. The molecule has 0 aliphatic rings. The van der Waals surface area contributed by atoms with Crippen LogP contribution in [-0.2, 0) is 0 Å². The average Bonchev–Trinajstić information content (AvgIpc) is 2.60. The summed E-state index contributed by atoms with van der Waals surface area (Å²) < 4.78 is 5.12. The Hall–Kier alpha value is -2.92. The monoisotopic (exact) mass is 308 g/mol. The van der Waals surface area contributed by atoms with Crippen molar-refractivity contribution in [1.29, 1.82) is 0 Å². The van der Waals surface area contributed by atoms with Crippen molar-refractivity contribution < 1.29 is 9.84 Å². The average molecular weight is 308 g/mol. The maximum atomic E-state index is 12.2. The molecule has 0 spiro atoms. The van der Waals surface area contributed by atoms with Gasteiger partial charge in [-0.15, -0.1) is 0 Å². The molecular formula is C18H16N2O3. The van der Waals surface area contributed by atoms with Gasteiger partial charge in [-0.1, -0.05) is 24.3 Å². The molecule has 0 aliphatic carbocycles. The maximum Gasteiger partial charge on any atom is 0.274 e. The molecular weight excluding hydrogens is 292 g/mol. The molecule has 0 radical (unpaired) electrons. The number of H-pyrrole nitrogens is 1. The Morgan fingerprint density at radius 3 is 2.65 bits per heavy atom. The molecule has 5 heteroatoms. The predicted molar refractivity (Wildman–Crippen MR) is 90.3 cm³/mol. The van der Waals surface area contributed by atoms with E-state index in [2.05, 4.69) is 9.97 Å². The molecule has 3 rings (SSSR count). The number of aromatic nitrogens is 2. The second-order valence-corrected chi connectivity index (χ2v) is 5.03. The van der Waals surface area contributed by atoms with Gasteiger partial charge < -0.3 is 14.8 Å². The second kappa shape index (κ2) is 6.46. The molecule has 2 aromatic carbocycles. The van der Waals surface area contributed by atoms with Crippen molar-refractivity contribution in [2.24, 2.45) is 0 Å². The lowest BCUT2D eigenvalue weighted by Gasteiger charge is -2.06. The van der Waals surface area contributed by atoms with Crippen molar-refractivity contribution in [3.63, 3.8) is 0 Å². The minimum absolute atomic E-state index is 0.224. The molecule has 0 aliphatic heterocycles. The lowest BCUT2D eigenvalue weighted by molar-refractivity contribution is 0.350. The molecule has 116 valence electrons. The highest BCUT2D eigenvalue weighted by Gasteiger charge is 2.09. The van der Waals surface area contributed by atoms with Crippen LogP contribution in [0, 0.1) is 0 Å². The summed E-state index contributed by atoms with van der Waals surface area (Å²) in [4.78, 5) is 19.4. The summed E-state index contributed by atoms with van der Waals surface area (Å²) in [5.74, 6) is 0.745. The van der Waals surface area contributed by atoms with Gasteiger partial charge in [-0.3, -0.25) is 4.79 Å². The first-order chi connectivity index (χ1) is 11.2. The highest BCUT2D eigenvalue weighted by Crippen LogP contribution is 2.18. The Labute approximate surface area is 132 Å². The quantitative estimate of drug-likeness (QED) is 0.776. The fraction of sp³-hybridized carbons (Fsp3) is 0.111. The van der Waals surface area contributed by atoms with Gasteiger partial charge in [0.2, 0.25) is 0 Å². The molecule has 0 saturated carbocycles. The maximum absolute atomic E-state index is 12.2. The predicted octanol–water partition coefficient (Wildman–Crippen LogP) is 2.46. The van der Waals surface area contributed by atoms with Gasteiger partial charge in [0.15, 0.2) is 0 Å². The Morgan fingerprint density at radius 1 is 1.22 bits per heavy atom. The summed E-state index contributed by atoms with van der Waals surface area (Å²) in [6.45, 7) is -0.277. The zero-order valence-corrected chi connectivity index (χ0v) is 12.6. The zero-order valence-electron chi connectivity index (χ0n) is 12.6. The molecule has 23 heavy (non-hydrogen) atoms. The number of nitrogens with one attached hydrogen (secondary N) is 1. The first kappa shape index (κ1) is 15.0. The third-order valence-corrected chi connectivity index (χ3v) is 3.53. The summed E-state index contributed by atoms with van der Waals surface area (Å²) in [5.41, 5.74) is 2.56. The Balaban J connectivity index is 2.07. The van der Waals surface area contributed by atoms with E-state index >= 15 is 0 Å². The van der Waals surface area contributed by atoms with Gasteiger partial charge in [-0.2, -0.15) is 0 Å². The van der Waals surface area contributed by atoms with E-state index in [1.165, 1.54) is 0 Å². The van der Waals surface area contributed by atoms with Crippen LogP contribution in [0.1, 0.15) is 11.3 Å². The lowest BCUT2D eigenvalue weighted by Crippen LogP contribution is -2.15. The van der Waals surface area contributed by atoms with Crippen molar-refractivity contribution in [2.45, 2.75) is 0 Å². The number of aliphatic hydroxyl groups is 1. The topological polar surface area (TPSA) is 75.2 Å². The first-order valence-electron chi connectivity index (χ1n) is 7.16. The molecule has 0 amide bonds. The van der Waals surface area contributed by atoms with Gasteiger partial charge in [0.05, 0.1) is 24.8 Å². The van der Waals surface area contributed by atoms with Crippen LogP contribution in [0.25, 0.3) is 22.7 Å². The Morgan fingerprint density at radius 2 is 1.96 bits per heavy atom. The summed E-state index contributed by atoms with van der Waals surface area (Å²) in [5, 5.41) is 9.65. The fourth-order valence-electron chi connectivity index (χ4n) is 2.34. The van der Waals surface area contributed by atoms with E-state index in [9.17, 15) is 9.90 Å². The van der Waals surface area contributed by atoms with Crippen LogP contribution in [0.2, 0.25) is 0 Å². The molecule has 3 aromatic rings. The fourth-order valence-corrected chi connectivity index (χ4v) is 2.34. The molecule has 0 bridgehead atoms. The van der Waals surface area contributed by atoms with Gasteiger partial charge in [0, 0.05) is 5.57 Å². The van der Waals surface area contributed by atoms with E-state index < -0.39 is 0 Å². The largest absolute Gasteiger partial charge is 0.497 e. The van der Waals surface area contributed by atoms with Gasteiger partial charge in [-0.05, 0) is 35.9 Å². The minimum atomic E-state index is -0.322. The van der Waals surface area contributed by atoms with Crippen molar-refractivity contribution in [3.05, 3.63) is 70.1 Å². The third kappa shape index (κ3) is 3.14. The van der Waals surface area contributed by atoms with Crippen LogP contribution in [0.5, 0.6) is 5.75 Å². The number of fused-ring (bicyclic) bond motifs is 1. The van der Waals surface area contributed by atoms with E-state index in [0.717, 1.165) is 11.3 Å². The van der Waals surface area contributed by atoms with Crippen LogP contribution in [0.15, 0.2) is 53.3 Å². The van der Waals surface area contributed by atoms with E-state index in [1.807, 2.05) is 42.5 Å². The van der Waals surface area contributed by atoms with Gasteiger partial charge in [0.25, 0.3) is 5.56 Å². The molecule has 2 N–H and O–H groups in total. The van der Waals surface area contributed by atoms with Crippen molar-refractivity contribution in [2.75, 3.05) is 13.7 Å². The van der Waals surface area contributed by atoms with E-state index in [-0.39, 0.29) is 17.9 Å². The summed E-state index contributed by atoms with van der Waals surface area (Å²) in [6.07, 6.45) is 1.74. The number of aromatic amines is 1. The number of hydrogen-bond acceptors (Lipinski definition) is 4. The number of nitrogens with zero attached hydrogens (tertiary/aromatic N) is 1. The van der Waals surface area contributed by atoms with Gasteiger partial charge in [0.1, 0.15) is 11.4 Å². The number of rotatable bonds is 4. The van der Waals surface area contributed by atoms with Gasteiger partial charge >= 0.3 is 0 Å². The van der Waals surface area contributed by atoms with Crippen molar-refractivity contribution in [1.82, 2.24) is 9.97 Å². The van der Waals surface area contributed by atoms with Crippen molar-refractivity contribution in [3.8, 4) is 5.75 Å². The van der Waals surface area contributed by atoms with Crippen LogP contribution < -0.4 is 10.3 Å². The van der Waals surface area contributed by atoms with E-state index in [1.54, 1.807) is 19.3 Å². The van der Waals surface area contributed by atoms with Gasteiger partial charge in [-0.25, -0.2) is 4.98 Å². The number of hydrogen-bond donors (Lipinski definition) is 2. The zero-order chi connectivity index (χ0) is 16.2. The van der Waals surface area contributed by atoms with E-state index in [0.29, 0.717) is 16.6 Å².